The Morgan fingerprint density at radius 2 is 2.13 bits per heavy atom. The molecule has 1 amide bonds. The molecule has 0 aliphatic carbocycles. The third-order valence-electron chi connectivity index (χ3n) is 2.75. The molecule has 1 spiro atoms. The highest BCUT2D eigenvalue weighted by Gasteiger charge is 2.47. The number of carbonyl (C=O) groups is 1. The molecule has 15 heavy (non-hydrogen) atoms. The standard InChI is InChI=1S/C10H9NO4/c12-6-1-2-7-8(3-6)14-4-10(7)5-15-9(13)11-10/h1-3,12H,4-5H2,(H,11,13). The number of hydrogen-bond acceptors (Lipinski definition) is 4. The molecule has 1 aromatic rings. The number of ether oxygens (including phenoxy) is 2. The zero-order valence-corrected chi connectivity index (χ0v) is 7.82. The molecule has 2 N–H and O–H groups in total. The molecule has 0 aromatic heterocycles. The number of rotatable bonds is 0. The average molecular weight is 207 g/mol. The summed E-state index contributed by atoms with van der Waals surface area (Å²) in [5, 5.41) is 12.0. The summed E-state index contributed by atoms with van der Waals surface area (Å²) in [6.07, 6.45) is -0.431. The quantitative estimate of drug-likeness (QED) is 0.657. The van der Waals surface area contributed by atoms with E-state index in [0.717, 1.165) is 5.56 Å². The highest BCUT2D eigenvalue weighted by molar-refractivity contribution is 5.72. The monoisotopic (exact) mass is 207 g/mol. The van der Waals surface area contributed by atoms with Gasteiger partial charge in [-0.15, -0.1) is 0 Å². The smallest absolute Gasteiger partial charge is 0.408 e. The molecule has 0 radical (unpaired) electrons. The van der Waals surface area contributed by atoms with Crippen molar-refractivity contribution in [3.63, 3.8) is 0 Å². The fraction of sp³-hybridized carbons (Fsp3) is 0.300. The molecule has 2 heterocycles. The number of phenols is 1. The van der Waals surface area contributed by atoms with Crippen molar-refractivity contribution < 1.29 is 19.4 Å². The van der Waals surface area contributed by atoms with Crippen LogP contribution in [0.5, 0.6) is 11.5 Å². The lowest BCUT2D eigenvalue weighted by Crippen LogP contribution is -2.41. The number of phenolic OH excluding ortho intramolecular Hbond substituents is 1. The van der Waals surface area contributed by atoms with Gasteiger partial charge in [-0.3, -0.25) is 0 Å². The van der Waals surface area contributed by atoms with Gasteiger partial charge in [0.25, 0.3) is 0 Å². The van der Waals surface area contributed by atoms with Crippen molar-refractivity contribution in [2.75, 3.05) is 13.2 Å². The van der Waals surface area contributed by atoms with Crippen molar-refractivity contribution in [3.8, 4) is 11.5 Å². The molecule has 2 aliphatic heterocycles. The van der Waals surface area contributed by atoms with E-state index >= 15 is 0 Å². The highest BCUT2D eigenvalue weighted by atomic mass is 16.6. The Hall–Kier alpha value is -1.91. The fourth-order valence-corrected chi connectivity index (χ4v) is 1.98. The Labute approximate surface area is 85.6 Å². The topological polar surface area (TPSA) is 67.8 Å². The van der Waals surface area contributed by atoms with E-state index in [2.05, 4.69) is 5.32 Å². The molecule has 1 saturated heterocycles. The largest absolute Gasteiger partial charge is 0.508 e. The lowest BCUT2D eigenvalue weighted by Gasteiger charge is -2.17. The Morgan fingerprint density at radius 1 is 1.33 bits per heavy atom. The second-order valence-corrected chi connectivity index (χ2v) is 3.75. The van der Waals surface area contributed by atoms with Gasteiger partial charge < -0.3 is 19.9 Å². The van der Waals surface area contributed by atoms with Crippen LogP contribution >= 0.6 is 0 Å². The first-order chi connectivity index (χ1) is 7.20. The number of alkyl carbamates (subject to hydrolysis) is 1. The highest BCUT2D eigenvalue weighted by Crippen LogP contribution is 2.40. The minimum Gasteiger partial charge on any atom is -0.508 e. The van der Waals surface area contributed by atoms with E-state index in [4.69, 9.17) is 9.47 Å². The fourth-order valence-electron chi connectivity index (χ4n) is 1.98. The van der Waals surface area contributed by atoms with E-state index in [0.29, 0.717) is 12.4 Å². The first-order valence-corrected chi connectivity index (χ1v) is 4.61. The minimum atomic E-state index is -0.569. The molecule has 0 saturated carbocycles. The summed E-state index contributed by atoms with van der Waals surface area (Å²) in [4.78, 5) is 11.0. The van der Waals surface area contributed by atoms with Gasteiger partial charge in [-0.25, -0.2) is 4.79 Å². The number of aromatic hydroxyl groups is 1. The molecule has 1 unspecified atom stereocenters. The molecule has 1 fully saturated rings. The van der Waals surface area contributed by atoms with Gasteiger partial charge in [-0.1, -0.05) is 0 Å². The van der Waals surface area contributed by atoms with Crippen LogP contribution < -0.4 is 10.1 Å². The lowest BCUT2D eigenvalue weighted by molar-refractivity contribution is 0.167. The van der Waals surface area contributed by atoms with Crippen LogP contribution in [0.4, 0.5) is 4.79 Å². The van der Waals surface area contributed by atoms with Crippen molar-refractivity contribution in [3.05, 3.63) is 23.8 Å². The van der Waals surface area contributed by atoms with Crippen molar-refractivity contribution in [1.82, 2.24) is 5.32 Å². The van der Waals surface area contributed by atoms with Crippen molar-refractivity contribution in [2.45, 2.75) is 5.54 Å². The Morgan fingerprint density at radius 3 is 2.87 bits per heavy atom. The second-order valence-electron chi connectivity index (χ2n) is 3.75. The first-order valence-electron chi connectivity index (χ1n) is 4.61. The Bertz CT molecular complexity index is 445. The number of benzene rings is 1. The summed E-state index contributed by atoms with van der Waals surface area (Å²) in [7, 11) is 0. The van der Waals surface area contributed by atoms with Gasteiger partial charge in [0, 0.05) is 11.6 Å². The number of fused-ring (bicyclic) bond motifs is 2. The van der Waals surface area contributed by atoms with Crippen LogP contribution in [-0.2, 0) is 10.3 Å². The molecule has 3 rings (SSSR count). The van der Waals surface area contributed by atoms with E-state index in [-0.39, 0.29) is 12.4 Å². The lowest BCUT2D eigenvalue weighted by atomic mass is 9.94. The zero-order valence-electron chi connectivity index (χ0n) is 7.82. The van der Waals surface area contributed by atoms with Gasteiger partial charge in [-0.05, 0) is 12.1 Å². The maximum atomic E-state index is 11.0. The zero-order chi connectivity index (χ0) is 10.5. The summed E-state index contributed by atoms with van der Waals surface area (Å²) in [5.41, 5.74) is 0.284. The minimum absolute atomic E-state index is 0.149. The van der Waals surface area contributed by atoms with Crippen LogP contribution in [-0.4, -0.2) is 24.4 Å². The average Bonchev–Trinajstić information content (AvgIpc) is 2.73. The number of carbonyl (C=O) groups excluding carboxylic acids is 1. The van der Waals surface area contributed by atoms with E-state index in [9.17, 15) is 9.90 Å². The molecule has 78 valence electrons. The number of amides is 1. The van der Waals surface area contributed by atoms with E-state index in [1.54, 1.807) is 12.1 Å². The van der Waals surface area contributed by atoms with Gasteiger partial charge in [-0.2, -0.15) is 0 Å². The summed E-state index contributed by atoms with van der Waals surface area (Å²) in [6, 6.07) is 4.85. The first kappa shape index (κ1) is 8.40. The Balaban J connectivity index is 2.08. The maximum Gasteiger partial charge on any atom is 0.408 e. The molecule has 5 heteroatoms. The predicted molar refractivity (Wildman–Crippen MR) is 49.8 cm³/mol. The van der Waals surface area contributed by atoms with Crippen LogP contribution in [0, 0.1) is 0 Å². The summed E-state index contributed by atoms with van der Waals surface area (Å²) >= 11 is 0. The van der Waals surface area contributed by atoms with Crippen LogP contribution in [0.1, 0.15) is 5.56 Å². The molecule has 1 atom stereocenters. The van der Waals surface area contributed by atoms with Crippen molar-refractivity contribution in [2.24, 2.45) is 0 Å². The van der Waals surface area contributed by atoms with Crippen LogP contribution in [0.25, 0.3) is 0 Å². The molecule has 0 bridgehead atoms. The van der Waals surface area contributed by atoms with E-state index in [1.165, 1.54) is 6.07 Å². The van der Waals surface area contributed by atoms with Gasteiger partial charge in [0.2, 0.25) is 0 Å². The van der Waals surface area contributed by atoms with Crippen LogP contribution in [0.15, 0.2) is 18.2 Å². The Kier molecular flexibility index (Phi) is 1.44. The van der Waals surface area contributed by atoms with E-state index < -0.39 is 11.6 Å². The third-order valence-corrected chi connectivity index (χ3v) is 2.75. The molecule has 5 nitrogen and oxygen atoms in total. The maximum absolute atomic E-state index is 11.0. The summed E-state index contributed by atoms with van der Waals surface area (Å²) in [6.45, 7) is 0.612. The third kappa shape index (κ3) is 1.06. The predicted octanol–water partition coefficient (Wildman–Crippen LogP) is 0.720. The molecule has 1 aromatic carbocycles. The van der Waals surface area contributed by atoms with Crippen LogP contribution in [0.2, 0.25) is 0 Å². The van der Waals surface area contributed by atoms with Gasteiger partial charge in [0.15, 0.2) is 0 Å². The number of hydrogen-bond donors (Lipinski definition) is 2. The number of cyclic esters (lactones) is 1. The summed E-state index contributed by atoms with van der Waals surface area (Å²) < 4.78 is 10.3. The van der Waals surface area contributed by atoms with Gasteiger partial charge >= 0.3 is 6.09 Å². The van der Waals surface area contributed by atoms with Gasteiger partial charge in [0.1, 0.15) is 30.3 Å². The normalized spacial score (nSPS) is 27.1. The van der Waals surface area contributed by atoms with E-state index in [1.807, 2.05) is 0 Å². The SMILES string of the molecule is O=C1NC2(CO1)COc1cc(O)ccc12. The van der Waals surface area contributed by atoms with Crippen molar-refractivity contribution >= 4 is 6.09 Å². The van der Waals surface area contributed by atoms with Gasteiger partial charge in [0.05, 0.1) is 0 Å². The van der Waals surface area contributed by atoms with Crippen molar-refractivity contribution in [1.29, 1.82) is 0 Å². The number of nitrogens with one attached hydrogen (secondary N) is 1. The molecule has 2 aliphatic rings. The summed E-state index contributed by atoms with van der Waals surface area (Å²) in [5.74, 6) is 0.747. The molecular weight excluding hydrogens is 198 g/mol. The second kappa shape index (κ2) is 2.56. The van der Waals surface area contributed by atoms with Crippen LogP contribution in [0.3, 0.4) is 0 Å². The molecular formula is C10H9NO4.